The average molecular weight is 450 g/mol. The minimum absolute atomic E-state index is 0.291. The van der Waals surface area contributed by atoms with Gasteiger partial charge in [0.1, 0.15) is 6.26 Å². The second kappa shape index (κ2) is 8.41. The van der Waals surface area contributed by atoms with Gasteiger partial charge in [0.25, 0.3) is 0 Å². The lowest BCUT2D eigenvalue weighted by atomic mass is 9.96. The molecule has 4 aromatic rings. The summed E-state index contributed by atoms with van der Waals surface area (Å²) in [4.78, 5) is 4.50. The Balaban J connectivity index is 1.39. The molecule has 0 saturated carbocycles. The molecule has 1 atom stereocenters. The van der Waals surface area contributed by atoms with Gasteiger partial charge in [-0.2, -0.15) is 0 Å². The highest BCUT2D eigenvalue weighted by Crippen LogP contribution is 2.38. The van der Waals surface area contributed by atoms with Gasteiger partial charge in [-0.3, -0.25) is 4.90 Å². The molecule has 6 rings (SSSR count). The second-order valence-electron chi connectivity index (χ2n) is 8.96. The molecule has 5 heteroatoms. The second-order valence-corrected chi connectivity index (χ2v) is 8.96. The number of aryl methyl sites for hydroxylation is 1. The van der Waals surface area contributed by atoms with Crippen LogP contribution in [0.5, 0.6) is 0 Å². The molecule has 5 nitrogen and oxygen atoms in total. The maximum absolute atomic E-state index is 6.04. The van der Waals surface area contributed by atoms with Crippen LogP contribution in [0.2, 0.25) is 0 Å². The van der Waals surface area contributed by atoms with Crippen LogP contribution >= 0.6 is 0 Å². The van der Waals surface area contributed by atoms with Crippen molar-refractivity contribution in [3.8, 4) is 11.1 Å². The Morgan fingerprint density at radius 3 is 2.62 bits per heavy atom. The lowest BCUT2D eigenvalue weighted by Crippen LogP contribution is -2.22. The van der Waals surface area contributed by atoms with Crippen LogP contribution in [-0.2, 0) is 17.7 Å². The van der Waals surface area contributed by atoms with E-state index in [0.717, 1.165) is 42.2 Å². The Morgan fingerprint density at radius 1 is 0.971 bits per heavy atom. The zero-order chi connectivity index (χ0) is 23.1. The molecule has 0 N–H and O–H groups in total. The van der Waals surface area contributed by atoms with Crippen molar-refractivity contribution in [1.29, 1.82) is 0 Å². The first kappa shape index (κ1) is 20.6. The van der Waals surface area contributed by atoms with Gasteiger partial charge in [0, 0.05) is 36.1 Å². The van der Waals surface area contributed by atoms with Crippen molar-refractivity contribution in [1.82, 2.24) is 5.16 Å². The predicted octanol–water partition coefficient (Wildman–Crippen LogP) is 6.53. The summed E-state index contributed by atoms with van der Waals surface area (Å²) in [6.45, 7) is 5.86. The number of anilines is 2. The largest absolute Gasteiger partial charge is 0.472 e. The molecule has 0 amide bonds. The molecule has 0 saturated heterocycles. The highest BCUT2D eigenvalue weighted by Gasteiger charge is 2.30. The van der Waals surface area contributed by atoms with Crippen molar-refractivity contribution >= 4 is 11.6 Å². The van der Waals surface area contributed by atoms with Gasteiger partial charge in [-0.15, -0.1) is 0 Å². The SMILES string of the molecule is Cc1noc(N2C=COC2c2ccc(-c3ccccc3)c(CN3CCc4ccccc43)c2)c1C. The van der Waals surface area contributed by atoms with E-state index < -0.39 is 0 Å². The predicted molar refractivity (Wildman–Crippen MR) is 134 cm³/mol. The van der Waals surface area contributed by atoms with Crippen LogP contribution in [0, 0.1) is 13.8 Å². The number of rotatable bonds is 5. The zero-order valence-electron chi connectivity index (χ0n) is 19.4. The van der Waals surface area contributed by atoms with Crippen LogP contribution in [0.25, 0.3) is 11.1 Å². The summed E-state index contributed by atoms with van der Waals surface area (Å²) >= 11 is 0. The van der Waals surface area contributed by atoms with Gasteiger partial charge < -0.3 is 14.2 Å². The van der Waals surface area contributed by atoms with E-state index in [-0.39, 0.29) is 6.23 Å². The van der Waals surface area contributed by atoms with Crippen LogP contribution in [0.3, 0.4) is 0 Å². The normalized spacial score (nSPS) is 16.7. The molecule has 1 unspecified atom stereocenters. The first-order valence-corrected chi connectivity index (χ1v) is 11.7. The van der Waals surface area contributed by atoms with E-state index in [1.807, 2.05) is 24.9 Å². The molecule has 0 fully saturated rings. The number of nitrogens with zero attached hydrogens (tertiary/aromatic N) is 3. The first-order valence-electron chi connectivity index (χ1n) is 11.7. The van der Waals surface area contributed by atoms with Gasteiger partial charge in [-0.1, -0.05) is 65.8 Å². The lowest BCUT2D eigenvalue weighted by molar-refractivity contribution is 0.169. The van der Waals surface area contributed by atoms with E-state index >= 15 is 0 Å². The fourth-order valence-corrected chi connectivity index (χ4v) is 4.95. The topological polar surface area (TPSA) is 41.7 Å². The third-order valence-electron chi connectivity index (χ3n) is 6.89. The smallest absolute Gasteiger partial charge is 0.237 e. The molecular weight excluding hydrogens is 422 g/mol. The molecule has 3 aromatic carbocycles. The highest BCUT2D eigenvalue weighted by atomic mass is 16.5. The first-order chi connectivity index (χ1) is 16.7. The molecule has 34 heavy (non-hydrogen) atoms. The fourth-order valence-electron chi connectivity index (χ4n) is 4.95. The van der Waals surface area contributed by atoms with E-state index in [4.69, 9.17) is 9.26 Å². The van der Waals surface area contributed by atoms with Crippen LogP contribution < -0.4 is 9.80 Å². The molecule has 170 valence electrons. The summed E-state index contributed by atoms with van der Waals surface area (Å²) in [7, 11) is 0. The summed E-state index contributed by atoms with van der Waals surface area (Å²) in [5, 5.41) is 4.14. The quantitative estimate of drug-likeness (QED) is 0.347. The van der Waals surface area contributed by atoms with Gasteiger partial charge in [-0.05, 0) is 54.7 Å². The minimum Gasteiger partial charge on any atom is -0.472 e. The third kappa shape index (κ3) is 3.54. The monoisotopic (exact) mass is 449 g/mol. The number of benzene rings is 3. The van der Waals surface area contributed by atoms with Gasteiger partial charge in [0.15, 0.2) is 0 Å². The Bertz CT molecular complexity index is 1360. The third-order valence-corrected chi connectivity index (χ3v) is 6.89. The Labute approximate surface area is 199 Å². The van der Waals surface area contributed by atoms with Crippen molar-refractivity contribution in [2.24, 2.45) is 0 Å². The number of para-hydroxylation sites is 1. The van der Waals surface area contributed by atoms with Gasteiger partial charge in [0.05, 0.1) is 5.69 Å². The molecular formula is C29H27N3O2. The Kier molecular flexibility index (Phi) is 5.10. The van der Waals surface area contributed by atoms with E-state index in [2.05, 4.69) is 82.9 Å². The molecule has 0 aliphatic carbocycles. The van der Waals surface area contributed by atoms with Crippen LogP contribution in [0.15, 0.2) is 89.8 Å². The molecule has 0 spiro atoms. The molecule has 2 aliphatic heterocycles. The summed E-state index contributed by atoms with van der Waals surface area (Å²) in [5.74, 6) is 0.721. The van der Waals surface area contributed by atoms with Crippen molar-refractivity contribution in [3.05, 3.63) is 113 Å². The lowest BCUT2D eigenvalue weighted by Gasteiger charge is -2.25. The summed E-state index contributed by atoms with van der Waals surface area (Å²) < 4.78 is 11.7. The van der Waals surface area contributed by atoms with E-state index in [1.165, 1.54) is 27.9 Å². The highest BCUT2D eigenvalue weighted by molar-refractivity contribution is 5.69. The van der Waals surface area contributed by atoms with Crippen molar-refractivity contribution < 1.29 is 9.26 Å². The number of ether oxygens (including phenoxy) is 1. The average Bonchev–Trinajstić information content (AvgIpc) is 3.60. The van der Waals surface area contributed by atoms with E-state index in [9.17, 15) is 0 Å². The number of hydrogen-bond acceptors (Lipinski definition) is 5. The molecule has 0 bridgehead atoms. The number of fused-ring (bicyclic) bond motifs is 1. The van der Waals surface area contributed by atoms with E-state index in [1.54, 1.807) is 6.26 Å². The minimum atomic E-state index is -0.291. The van der Waals surface area contributed by atoms with Crippen LogP contribution in [0.1, 0.15) is 34.2 Å². The maximum atomic E-state index is 6.04. The van der Waals surface area contributed by atoms with Crippen LogP contribution in [0.4, 0.5) is 11.6 Å². The van der Waals surface area contributed by atoms with Crippen molar-refractivity contribution in [3.63, 3.8) is 0 Å². The number of hydrogen-bond donors (Lipinski definition) is 0. The fraction of sp³-hybridized carbons (Fsp3) is 0.207. The Hall–Kier alpha value is -3.99. The van der Waals surface area contributed by atoms with Gasteiger partial charge >= 0.3 is 0 Å². The van der Waals surface area contributed by atoms with Crippen molar-refractivity contribution in [2.45, 2.75) is 33.0 Å². The Morgan fingerprint density at radius 2 is 1.79 bits per heavy atom. The number of aromatic nitrogens is 1. The molecule has 1 aromatic heterocycles. The summed E-state index contributed by atoms with van der Waals surface area (Å²) in [5.41, 5.74) is 9.50. The molecule has 3 heterocycles. The maximum Gasteiger partial charge on any atom is 0.237 e. The van der Waals surface area contributed by atoms with Crippen LogP contribution in [-0.4, -0.2) is 11.7 Å². The zero-order valence-corrected chi connectivity index (χ0v) is 19.4. The summed E-state index contributed by atoms with van der Waals surface area (Å²) in [6, 6.07) is 26.0. The molecule has 2 aliphatic rings. The van der Waals surface area contributed by atoms with Gasteiger partial charge in [0.2, 0.25) is 12.1 Å². The van der Waals surface area contributed by atoms with Gasteiger partial charge in [-0.25, -0.2) is 0 Å². The van der Waals surface area contributed by atoms with Crippen molar-refractivity contribution in [2.75, 3.05) is 16.3 Å². The van der Waals surface area contributed by atoms with E-state index in [0.29, 0.717) is 0 Å². The summed E-state index contributed by atoms with van der Waals surface area (Å²) in [6.07, 6.45) is 4.44. The standard InChI is InChI=1S/C29H27N3O2/c1-20-21(2)30-34-28(20)32-16-17-33-29(32)24-12-13-26(22-8-4-3-5-9-22)25(18-24)19-31-15-14-23-10-6-7-11-27(23)31/h3-13,16-18,29H,14-15,19H2,1-2H3. The molecule has 0 radical (unpaired) electrons.